The lowest BCUT2D eigenvalue weighted by Gasteiger charge is -2.06. The summed E-state index contributed by atoms with van der Waals surface area (Å²) in [6.45, 7) is 0. The number of aromatic nitrogens is 2. The van der Waals surface area contributed by atoms with Crippen LogP contribution in [-0.2, 0) is 12.8 Å². The summed E-state index contributed by atoms with van der Waals surface area (Å²) < 4.78 is 0. The van der Waals surface area contributed by atoms with Crippen LogP contribution < -0.4 is 0 Å². The minimum Gasteiger partial charge on any atom is -0.478 e. The number of pyridine rings is 2. The van der Waals surface area contributed by atoms with Gasteiger partial charge in [-0.2, -0.15) is 0 Å². The molecule has 0 fully saturated rings. The van der Waals surface area contributed by atoms with Gasteiger partial charge in [0.15, 0.2) is 0 Å². The second-order valence-corrected chi connectivity index (χ2v) is 5.94. The van der Waals surface area contributed by atoms with Gasteiger partial charge in [0.2, 0.25) is 0 Å². The van der Waals surface area contributed by atoms with Crippen molar-refractivity contribution in [2.24, 2.45) is 0 Å². The molecular formula is C20H16N2O4. The quantitative estimate of drug-likeness (QED) is 0.710. The molecule has 0 radical (unpaired) electrons. The lowest BCUT2D eigenvalue weighted by molar-refractivity contribution is 0.0685. The minimum atomic E-state index is -0.994. The Morgan fingerprint density at radius 2 is 1.04 bits per heavy atom. The number of hydrogen-bond donors (Lipinski definition) is 2. The molecule has 2 N–H and O–H groups in total. The molecule has 3 aromatic rings. The molecule has 2 aromatic heterocycles. The lowest BCUT2D eigenvalue weighted by atomic mass is 10.0. The smallest absolute Gasteiger partial charge is 0.337 e. The molecule has 0 saturated heterocycles. The van der Waals surface area contributed by atoms with Gasteiger partial charge >= 0.3 is 11.9 Å². The maximum absolute atomic E-state index is 11.0. The summed E-state index contributed by atoms with van der Waals surface area (Å²) in [6.07, 6.45) is 7.14. The molecule has 0 spiro atoms. The first kappa shape index (κ1) is 17.3. The van der Waals surface area contributed by atoms with Crippen LogP contribution in [0.25, 0.3) is 0 Å². The Kier molecular flexibility index (Phi) is 5.03. The van der Waals surface area contributed by atoms with E-state index < -0.39 is 11.9 Å². The Labute approximate surface area is 149 Å². The fourth-order valence-corrected chi connectivity index (χ4v) is 2.65. The fraction of sp³-hybridized carbons (Fsp3) is 0.100. The van der Waals surface area contributed by atoms with E-state index in [1.807, 2.05) is 24.3 Å². The molecule has 0 aliphatic carbocycles. The first-order chi connectivity index (χ1) is 12.5. The molecule has 6 heteroatoms. The normalized spacial score (nSPS) is 10.5. The van der Waals surface area contributed by atoms with Crippen molar-refractivity contribution in [2.45, 2.75) is 12.8 Å². The van der Waals surface area contributed by atoms with Crippen LogP contribution in [0.2, 0.25) is 0 Å². The van der Waals surface area contributed by atoms with Crippen LogP contribution in [0.1, 0.15) is 43.0 Å². The van der Waals surface area contributed by atoms with Gasteiger partial charge < -0.3 is 10.2 Å². The van der Waals surface area contributed by atoms with Crippen LogP contribution in [0.15, 0.2) is 61.2 Å². The third kappa shape index (κ3) is 4.30. The van der Waals surface area contributed by atoms with Crippen LogP contribution in [0, 0.1) is 0 Å². The average Bonchev–Trinajstić information content (AvgIpc) is 2.64. The van der Waals surface area contributed by atoms with E-state index in [-0.39, 0.29) is 11.1 Å². The lowest BCUT2D eigenvalue weighted by Crippen LogP contribution is -2.00. The van der Waals surface area contributed by atoms with Crippen molar-refractivity contribution >= 4 is 11.9 Å². The molecule has 0 aliphatic heterocycles. The third-order valence-electron chi connectivity index (χ3n) is 3.92. The van der Waals surface area contributed by atoms with Gasteiger partial charge in [-0.15, -0.1) is 0 Å². The van der Waals surface area contributed by atoms with Gasteiger partial charge in [0.1, 0.15) is 0 Å². The Bertz CT molecular complexity index is 874. The number of carbonyl (C=O) groups is 2. The van der Waals surface area contributed by atoms with E-state index in [0.717, 1.165) is 22.3 Å². The number of hydrogen-bond acceptors (Lipinski definition) is 4. The van der Waals surface area contributed by atoms with Crippen LogP contribution in [-0.4, -0.2) is 32.1 Å². The molecule has 0 saturated carbocycles. The first-order valence-corrected chi connectivity index (χ1v) is 7.93. The standard InChI is InChI=1S/C20H16N2O4/c23-19(24)17-7-15(9-21-11-17)5-13-1-2-14(4-3-13)6-16-8-18(20(25)26)12-22-10-16/h1-4,7-12H,5-6H2,(H,23,24)(H,25,26). The number of rotatable bonds is 6. The molecule has 130 valence electrons. The van der Waals surface area contributed by atoms with Crippen molar-refractivity contribution in [3.63, 3.8) is 0 Å². The SMILES string of the molecule is O=C(O)c1cncc(Cc2ccc(Cc3cncc(C(=O)O)c3)cc2)c1. The maximum atomic E-state index is 11.0. The topological polar surface area (TPSA) is 100 Å². The molecule has 0 bridgehead atoms. The Morgan fingerprint density at radius 1 is 0.654 bits per heavy atom. The zero-order valence-electron chi connectivity index (χ0n) is 13.8. The molecule has 0 amide bonds. The number of nitrogens with zero attached hydrogens (tertiary/aromatic N) is 2. The van der Waals surface area contributed by atoms with Gasteiger partial charge in [-0.1, -0.05) is 24.3 Å². The zero-order valence-corrected chi connectivity index (χ0v) is 13.8. The van der Waals surface area contributed by atoms with E-state index in [1.165, 1.54) is 12.4 Å². The van der Waals surface area contributed by atoms with Crippen molar-refractivity contribution in [2.75, 3.05) is 0 Å². The van der Waals surface area contributed by atoms with Crippen LogP contribution in [0.5, 0.6) is 0 Å². The second-order valence-electron chi connectivity index (χ2n) is 5.94. The van der Waals surface area contributed by atoms with E-state index in [1.54, 1.807) is 24.5 Å². The molecule has 26 heavy (non-hydrogen) atoms. The summed E-state index contributed by atoms with van der Waals surface area (Å²) in [5.41, 5.74) is 4.08. The monoisotopic (exact) mass is 348 g/mol. The molecule has 2 heterocycles. The van der Waals surface area contributed by atoms with Crippen molar-refractivity contribution in [1.82, 2.24) is 9.97 Å². The van der Waals surface area contributed by atoms with E-state index in [2.05, 4.69) is 9.97 Å². The van der Waals surface area contributed by atoms with Gasteiger partial charge in [0.05, 0.1) is 11.1 Å². The highest BCUT2D eigenvalue weighted by Gasteiger charge is 2.07. The Hall–Kier alpha value is -3.54. The average molecular weight is 348 g/mol. The van der Waals surface area contributed by atoms with Gasteiger partial charge in [0, 0.05) is 24.8 Å². The minimum absolute atomic E-state index is 0.171. The van der Waals surface area contributed by atoms with Crippen LogP contribution in [0.4, 0.5) is 0 Å². The maximum Gasteiger partial charge on any atom is 0.337 e. The number of aromatic carboxylic acids is 2. The largest absolute Gasteiger partial charge is 0.478 e. The summed E-state index contributed by atoms with van der Waals surface area (Å²) in [5, 5.41) is 18.0. The Balaban J connectivity index is 1.71. The molecule has 0 aliphatic rings. The first-order valence-electron chi connectivity index (χ1n) is 7.93. The molecule has 1 aromatic carbocycles. The molecule has 6 nitrogen and oxygen atoms in total. The van der Waals surface area contributed by atoms with Crippen molar-refractivity contribution in [3.05, 3.63) is 94.6 Å². The highest BCUT2D eigenvalue weighted by molar-refractivity contribution is 5.87. The van der Waals surface area contributed by atoms with E-state index in [9.17, 15) is 9.59 Å². The van der Waals surface area contributed by atoms with E-state index in [4.69, 9.17) is 10.2 Å². The fourth-order valence-electron chi connectivity index (χ4n) is 2.65. The highest BCUT2D eigenvalue weighted by atomic mass is 16.4. The van der Waals surface area contributed by atoms with Gasteiger partial charge in [-0.25, -0.2) is 9.59 Å². The van der Waals surface area contributed by atoms with Crippen molar-refractivity contribution in [1.29, 1.82) is 0 Å². The second kappa shape index (κ2) is 7.57. The highest BCUT2D eigenvalue weighted by Crippen LogP contribution is 2.15. The molecule has 0 unspecified atom stereocenters. The van der Waals surface area contributed by atoms with E-state index in [0.29, 0.717) is 12.8 Å². The summed E-state index contributed by atoms with van der Waals surface area (Å²) in [7, 11) is 0. The predicted molar refractivity (Wildman–Crippen MR) is 94.4 cm³/mol. The third-order valence-corrected chi connectivity index (χ3v) is 3.92. The summed E-state index contributed by atoms with van der Waals surface area (Å²) in [4.78, 5) is 29.9. The van der Waals surface area contributed by atoms with E-state index >= 15 is 0 Å². The summed E-state index contributed by atoms with van der Waals surface area (Å²) >= 11 is 0. The van der Waals surface area contributed by atoms with Crippen LogP contribution in [0.3, 0.4) is 0 Å². The number of carboxylic acid groups (broad SMARTS) is 2. The zero-order chi connectivity index (χ0) is 18.5. The van der Waals surface area contributed by atoms with Crippen LogP contribution >= 0.6 is 0 Å². The Morgan fingerprint density at radius 3 is 1.38 bits per heavy atom. The summed E-state index contributed by atoms with van der Waals surface area (Å²) in [6, 6.07) is 11.1. The molecule has 0 atom stereocenters. The number of benzene rings is 1. The molecule has 3 rings (SSSR count). The van der Waals surface area contributed by atoms with Crippen molar-refractivity contribution < 1.29 is 19.8 Å². The molecular weight excluding hydrogens is 332 g/mol. The summed E-state index contributed by atoms with van der Waals surface area (Å²) in [5.74, 6) is -1.99. The van der Waals surface area contributed by atoms with Gasteiger partial charge in [-0.3, -0.25) is 9.97 Å². The van der Waals surface area contributed by atoms with Gasteiger partial charge in [0.25, 0.3) is 0 Å². The predicted octanol–water partition coefficient (Wildman–Crippen LogP) is 3.05. The van der Waals surface area contributed by atoms with Gasteiger partial charge in [-0.05, 0) is 47.2 Å². The number of carboxylic acids is 2. The van der Waals surface area contributed by atoms with Crippen molar-refractivity contribution in [3.8, 4) is 0 Å².